The summed E-state index contributed by atoms with van der Waals surface area (Å²) in [6, 6.07) is 14.7. The summed E-state index contributed by atoms with van der Waals surface area (Å²) >= 11 is 0. The van der Waals surface area contributed by atoms with Crippen molar-refractivity contribution in [2.24, 2.45) is 0 Å². The summed E-state index contributed by atoms with van der Waals surface area (Å²) in [6.45, 7) is 5.12. The number of morpholine rings is 1. The maximum Gasteiger partial charge on any atom is 0.244 e. The average molecular weight is 391 g/mol. The summed E-state index contributed by atoms with van der Waals surface area (Å²) in [6.07, 6.45) is 4.00. The van der Waals surface area contributed by atoms with Gasteiger partial charge in [0.15, 0.2) is 0 Å². The summed E-state index contributed by atoms with van der Waals surface area (Å²) in [5.41, 5.74) is 2.24. The van der Waals surface area contributed by atoms with Gasteiger partial charge in [-0.3, -0.25) is 4.90 Å². The largest absolute Gasteiger partial charge is 0.378 e. The Balaban J connectivity index is 1.34. The molecule has 1 aromatic carbocycles. The number of benzene rings is 1. The van der Waals surface area contributed by atoms with Crippen LogP contribution in [-0.2, 0) is 11.3 Å². The van der Waals surface area contributed by atoms with Gasteiger partial charge >= 0.3 is 0 Å². The maximum atomic E-state index is 5.70. The molecule has 0 N–H and O–H groups in total. The average Bonchev–Trinajstić information content (AvgIpc) is 3.45. The molecule has 0 radical (unpaired) electrons. The normalized spacial score (nSPS) is 20.3. The van der Waals surface area contributed by atoms with Crippen molar-refractivity contribution in [3.05, 3.63) is 60.1 Å². The Morgan fingerprint density at radius 3 is 2.76 bits per heavy atom. The van der Waals surface area contributed by atoms with E-state index >= 15 is 0 Å². The van der Waals surface area contributed by atoms with E-state index in [2.05, 4.69) is 50.3 Å². The number of hydrogen-bond donors (Lipinski definition) is 0. The van der Waals surface area contributed by atoms with Gasteiger partial charge in [-0.1, -0.05) is 35.5 Å². The molecule has 1 atom stereocenters. The minimum atomic E-state index is 0.178. The minimum absolute atomic E-state index is 0.178. The molecule has 1 unspecified atom stereocenters. The first-order chi connectivity index (χ1) is 14.4. The molecule has 2 aromatic heterocycles. The number of ether oxygens (including phenoxy) is 1. The number of aromatic nitrogens is 3. The first-order valence-corrected chi connectivity index (χ1v) is 10.3. The van der Waals surface area contributed by atoms with E-state index in [0.29, 0.717) is 11.7 Å². The highest BCUT2D eigenvalue weighted by Gasteiger charge is 2.31. The molecule has 3 aromatic rings. The smallest absolute Gasteiger partial charge is 0.244 e. The second-order valence-corrected chi connectivity index (χ2v) is 7.57. The molecule has 5 rings (SSSR count). The van der Waals surface area contributed by atoms with Crippen molar-refractivity contribution in [3.8, 4) is 11.4 Å². The molecule has 0 aliphatic carbocycles. The third-order valence-corrected chi connectivity index (χ3v) is 5.66. The topological polar surface area (TPSA) is 67.5 Å². The van der Waals surface area contributed by atoms with Crippen molar-refractivity contribution in [1.29, 1.82) is 0 Å². The van der Waals surface area contributed by atoms with Gasteiger partial charge in [0.25, 0.3) is 0 Å². The van der Waals surface area contributed by atoms with E-state index in [9.17, 15) is 0 Å². The zero-order valence-electron chi connectivity index (χ0n) is 16.4. The van der Waals surface area contributed by atoms with Crippen LogP contribution in [0.2, 0.25) is 0 Å². The van der Waals surface area contributed by atoms with E-state index in [-0.39, 0.29) is 6.04 Å². The first kappa shape index (κ1) is 18.3. The van der Waals surface area contributed by atoms with E-state index < -0.39 is 0 Å². The van der Waals surface area contributed by atoms with Gasteiger partial charge in [-0.2, -0.15) is 4.98 Å². The summed E-state index contributed by atoms with van der Waals surface area (Å²) < 4.78 is 11.1. The Hall–Kier alpha value is -2.77. The number of hydrogen-bond acceptors (Lipinski definition) is 7. The highest BCUT2D eigenvalue weighted by atomic mass is 16.5. The van der Waals surface area contributed by atoms with Crippen LogP contribution in [0.5, 0.6) is 0 Å². The molecule has 2 aliphatic heterocycles. The van der Waals surface area contributed by atoms with Crippen LogP contribution in [0.3, 0.4) is 0 Å². The minimum Gasteiger partial charge on any atom is -0.378 e. The van der Waals surface area contributed by atoms with Crippen LogP contribution in [0.4, 0.5) is 5.82 Å². The van der Waals surface area contributed by atoms with Crippen LogP contribution < -0.4 is 4.90 Å². The van der Waals surface area contributed by atoms with Gasteiger partial charge in [0.05, 0.1) is 19.3 Å². The predicted molar refractivity (Wildman–Crippen MR) is 109 cm³/mol. The Morgan fingerprint density at radius 2 is 1.90 bits per heavy atom. The lowest BCUT2D eigenvalue weighted by atomic mass is 10.2. The molecule has 150 valence electrons. The van der Waals surface area contributed by atoms with Crippen molar-refractivity contribution in [2.75, 3.05) is 37.7 Å². The van der Waals surface area contributed by atoms with Crippen molar-refractivity contribution in [3.63, 3.8) is 0 Å². The summed E-state index contributed by atoms with van der Waals surface area (Å²) in [4.78, 5) is 13.9. The van der Waals surface area contributed by atoms with E-state index in [0.717, 1.165) is 63.6 Å². The number of nitrogens with zero attached hydrogens (tertiary/aromatic N) is 5. The molecule has 7 nitrogen and oxygen atoms in total. The quantitative estimate of drug-likeness (QED) is 0.661. The van der Waals surface area contributed by atoms with Crippen LogP contribution in [-0.4, -0.2) is 52.9 Å². The zero-order valence-corrected chi connectivity index (χ0v) is 16.4. The SMILES string of the molecule is c1ccc(CN2CCCC2c2nc(-c3ccnc(N4CCOCC4)c3)no2)cc1. The van der Waals surface area contributed by atoms with Crippen molar-refractivity contribution >= 4 is 5.82 Å². The Morgan fingerprint density at radius 1 is 1.03 bits per heavy atom. The van der Waals surface area contributed by atoms with Gasteiger partial charge in [-0.05, 0) is 37.1 Å². The number of likely N-dealkylation sites (tertiary alicyclic amines) is 1. The van der Waals surface area contributed by atoms with Crippen LogP contribution in [0.1, 0.15) is 30.3 Å². The van der Waals surface area contributed by atoms with E-state index in [1.807, 2.05) is 18.3 Å². The third kappa shape index (κ3) is 4.02. The van der Waals surface area contributed by atoms with Gasteiger partial charge in [0.1, 0.15) is 5.82 Å². The van der Waals surface area contributed by atoms with Gasteiger partial charge < -0.3 is 14.2 Å². The molecule has 0 saturated carbocycles. The van der Waals surface area contributed by atoms with E-state index in [1.54, 1.807) is 0 Å². The highest BCUT2D eigenvalue weighted by molar-refractivity contribution is 5.59. The van der Waals surface area contributed by atoms with Crippen molar-refractivity contribution in [2.45, 2.75) is 25.4 Å². The molecule has 2 fully saturated rings. The third-order valence-electron chi connectivity index (χ3n) is 5.66. The van der Waals surface area contributed by atoms with Crippen LogP contribution in [0.25, 0.3) is 11.4 Å². The highest BCUT2D eigenvalue weighted by Crippen LogP contribution is 2.33. The van der Waals surface area contributed by atoms with Crippen molar-refractivity contribution < 1.29 is 9.26 Å². The van der Waals surface area contributed by atoms with Gasteiger partial charge in [0.2, 0.25) is 11.7 Å². The second kappa shape index (κ2) is 8.31. The lowest BCUT2D eigenvalue weighted by Gasteiger charge is -2.27. The maximum absolute atomic E-state index is 5.70. The predicted octanol–water partition coefficient (Wildman–Crippen LogP) is 3.31. The van der Waals surface area contributed by atoms with Crippen molar-refractivity contribution in [1.82, 2.24) is 20.0 Å². The molecule has 0 bridgehead atoms. The Labute approximate surface area is 170 Å². The molecule has 2 saturated heterocycles. The Kier molecular flexibility index (Phi) is 5.23. The monoisotopic (exact) mass is 391 g/mol. The molecule has 2 aliphatic rings. The fourth-order valence-electron chi connectivity index (χ4n) is 4.12. The first-order valence-electron chi connectivity index (χ1n) is 10.3. The van der Waals surface area contributed by atoms with Crippen LogP contribution >= 0.6 is 0 Å². The van der Waals surface area contributed by atoms with Gasteiger partial charge in [-0.25, -0.2) is 4.98 Å². The van der Waals surface area contributed by atoms with Crippen LogP contribution in [0, 0.1) is 0 Å². The van der Waals surface area contributed by atoms with Crippen LogP contribution in [0.15, 0.2) is 53.2 Å². The summed E-state index contributed by atoms with van der Waals surface area (Å²) in [7, 11) is 0. The Bertz CT molecular complexity index is 939. The summed E-state index contributed by atoms with van der Waals surface area (Å²) in [5, 5.41) is 4.27. The van der Waals surface area contributed by atoms with Gasteiger partial charge in [0, 0.05) is 31.4 Å². The number of pyridine rings is 1. The molecular formula is C22H25N5O2. The summed E-state index contributed by atoms with van der Waals surface area (Å²) in [5.74, 6) is 2.27. The molecule has 29 heavy (non-hydrogen) atoms. The lowest BCUT2D eigenvalue weighted by molar-refractivity contribution is 0.122. The fourth-order valence-corrected chi connectivity index (χ4v) is 4.12. The molecular weight excluding hydrogens is 366 g/mol. The second-order valence-electron chi connectivity index (χ2n) is 7.57. The molecule has 0 spiro atoms. The molecule has 0 amide bonds. The number of rotatable bonds is 5. The molecule has 4 heterocycles. The van der Waals surface area contributed by atoms with E-state index in [1.165, 1.54) is 5.56 Å². The zero-order chi connectivity index (χ0) is 19.5. The lowest BCUT2D eigenvalue weighted by Crippen LogP contribution is -2.36. The number of anilines is 1. The van der Waals surface area contributed by atoms with Gasteiger partial charge in [-0.15, -0.1) is 0 Å². The molecule has 7 heteroatoms. The fraction of sp³-hybridized carbons (Fsp3) is 0.409. The van der Waals surface area contributed by atoms with E-state index in [4.69, 9.17) is 14.2 Å². The standard InChI is InChI=1S/C22H25N5O2/c1-2-5-17(6-3-1)16-27-10-4-7-19(27)22-24-21(25-29-22)18-8-9-23-20(15-18)26-11-13-28-14-12-26/h1-3,5-6,8-9,15,19H,4,7,10-14,16H2.